The van der Waals surface area contributed by atoms with Gasteiger partial charge >= 0.3 is 5.97 Å². The van der Waals surface area contributed by atoms with Crippen molar-refractivity contribution in [1.29, 1.82) is 0 Å². The van der Waals surface area contributed by atoms with Gasteiger partial charge in [-0.2, -0.15) is 0 Å². The number of rotatable bonds is 20. The Labute approximate surface area is 162 Å². The van der Waals surface area contributed by atoms with E-state index in [4.69, 9.17) is 4.74 Å². The highest BCUT2D eigenvalue weighted by Gasteiger charge is 2.09. The lowest BCUT2D eigenvalue weighted by Gasteiger charge is -2.09. The van der Waals surface area contributed by atoms with Gasteiger partial charge in [-0.1, -0.05) is 110 Å². The molecule has 0 aromatic carbocycles. The molecule has 0 saturated carbocycles. The van der Waals surface area contributed by atoms with E-state index in [0.717, 1.165) is 19.1 Å². The van der Waals surface area contributed by atoms with Crippen molar-refractivity contribution in [3.8, 4) is 0 Å². The second-order valence-electron chi connectivity index (χ2n) is 7.73. The molecule has 0 amide bonds. The van der Waals surface area contributed by atoms with E-state index in [1.54, 1.807) is 0 Å². The summed E-state index contributed by atoms with van der Waals surface area (Å²) in [5.74, 6) is -0.367. The first kappa shape index (κ1) is 25.1. The molecular weight excluding hydrogens is 324 g/mol. The standard InChI is InChI=1S/C23H44O3/c1-3-4-5-6-7-8-9-10-11-12-13-14-15-16-17-18-19-20-23(21-24)26-22(2)25/h21,23H,3-20H2,1-2H3. The second kappa shape index (κ2) is 20.5. The Morgan fingerprint density at radius 2 is 1.04 bits per heavy atom. The Hall–Kier alpha value is -0.860. The van der Waals surface area contributed by atoms with Gasteiger partial charge in [0.2, 0.25) is 0 Å². The first-order valence-corrected chi connectivity index (χ1v) is 11.3. The lowest BCUT2D eigenvalue weighted by Crippen LogP contribution is -2.17. The number of esters is 1. The highest BCUT2D eigenvalue weighted by molar-refractivity contribution is 5.69. The van der Waals surface area contributed by atoms with Crippen molar-refractivity contribution in [3.63, 3.8) is 0 Å². The van der Waals surface area contributed by atoms with Crippen LogP contribution in [0.2, 0.25) is 0 Å². The molecule has 154 valence electrons. The third-order valence-electron chi connectivity index (χ3n) is 5.06. The summed E-state index contributed by atoms with van der Waals surface area (Å²) in [5.41, 5.74) is 0. The number of aldehydes is 1. The van der Waals surface area contributed by atoms with Gasteiger partial charge in [-0.25, -0.2) is 0 Å². The number of ether oxygens (including phenoxy) is 1. The molecule has 0 rings (SSSR count). The van der Waals surface area contributed by atoms with E-state index in [9.17, 15) is 9.59 Å². The molecule has 0 radical (unpaired) electrons. The van der Waals surface area contributed by atoms with Crippen molar-refractivity contribution >= 4 is 12.3 Å². The summed E-state index contributed by atoms with van der Waals surface area (Å²) in [6, 6.07) is 0. The summed E-state index contributed by atoms with van der Waals surface area (Å²) in [6.45, 7) is 3.63. The maximum atomic E-state index is 10.8. The normalized spacial score (nSPS) is 12.1. The zero-order chi connectivity index (χ0) is 19.3. The van der Waals surface area contributed by atoms with Gasteiger partial charge in [0, 0.05) is 6.92 Å². The van der Waals surface area contributed by atoms with Gasteiger partial charge in [-0.3, -0.25) is 9.59 Å². The van der Waals surface area contributed by atoms with E-state index in [2.05, 4.69) is 6.92 Å². The van der Waals surface area contributed by atoms with E-state index in [-0.39, 0.29) is 5.97 Å². The van der Waals surface area contributed by atoms with E-state index < -0.39 is 6.10 Å². The summed E-state index contributed by atoms with van der Waals surface area (Å²) in [6.07, 6.45) is 23.7. The summed E-state index contributed by atoms with van der Waals surface area (Å²) < 4.78 is 4.92. The molecule has 0 heterocycles. The first-order valence-electron chi connectivity index (χ1n) is 11.3. The molecule has 0 spiro atoms. The van der Waals surface area contributed by atoms with Gasteiger partial charge in [-0.05, 0) is 12.8 Å². The fraction of sp³-hybridized carbons (Fsp3) is 0.913. The highest BCUT2D eigenvalue weighted by atomic mass is 16.5. The minimum Gasteiger partial charge on any atom is -0.455 e. The SMILES string of the molecule is CCCCCCCCCCCCCCCCCCCC(C=O)OC(C)=O. The average Bonchev–Trinajstić information content (AvgIpc) is 2.63. The van der Waals surface area contributed by atoms with Crippen LogP contribution in [0.5, 0.6) is 0 Å². The molecule has 0 fully saturated rings. The summed E-state index contributed by atoms with van der Waals surface area (Å²) >= 11 is 0. The predicted molar refractivity (Wildman–Crippen MR) is 110 cm³/mol. The molecule has 0 aliphatic heterocycles. The fourth-order valence-corrected chi connectivity index (χ4v) is 3.44. The Morgan fingerprint density at radius 3 is 1.35 bits per heavy atom. The van der Waals surface area contributed by atoms with Crippen LogP contribution in [0.3, 0.4) is 0 Å². The van der Waals surface area contributed by atoms with Crippen LogP contribution in [0.4, 0.5) is 0 Å². The zero-order valence-corrected chi connectivity index (χ0v) is 17.6. The Kier molecular flexibility index (Phi) is 19.8. The highest BCUT2D eigenvalue weighted by Crippen LogP contribution is 2.14. The number of carbonyl (C=O) groups is 2. The zero-order valence-electron chi connectivity index (χ0n) is 17.6. The van der Waals surface area contributed by atoms with Crippen molar-refractivity contribution in [1.82, 2.24) is 0 Å². The van der Waals surface area contributed by atoms with Gasteiger partial charge in [0.25, 0.3) is 0 Å². The van der Waals surface area contributed by atoms with Crippen LogP contribution in [0.1, 0.15) is 129 Å². The van der Waals surface area contributed by atoms with Crippen molar-refractivity contribution in [3.05, 3.63) is 0 Å². The molecule has 0 saturated heterocycles. The maximum absolute atomic E-state index is 10.8. The quantitative estimate of drug-likeness (QED) is 0.130. The lowest BCUT2D eigenvalue weighted by atomic mass is 10.0. The Bertz CT molecular complexity index is 315. The van der Waals surface area contributed by atoms with Gasteiger partial charge in [0.05, 0.1) is 0 Å². The number of carbonyl (C=O) groups excluding carboxylic acids is 2. The van der Waals surface area contributed by atoms with Gasteiger partial charge in [-0.15, -0.1) is 0 Å². The topological polar surface area (TPSA) is 43.4 Å². The summed E-state index contributed by atoms with van der Waals surface area (Å²) in [7, 11) is 0. The molecular formula is C23H44O3. The van der Waals surface area contributed by atoms with Crippen LogP contribution in [0, 0.1) is 0 Å². The number of hydrogen-bond acceptors (Lipinski definition) is 3. The summed E-state index contributed by atoms with van der Waals surface area (Å²) in [4.78, 5) is 21.6. The summed E-state index contributed by atoms with van der Waals surface area (Å²) in [5, 5.41) is 0. The molecule has 1 atom stereocenters. The molecule has 0 aromatic heterocycles. The molecule has 3 nitrogen and oxygen atoms in total. The molecule has 0 aromatic rings. The average molecular weight is 369 g/mol. The molecule has 0 aliphatic carbocycles. The first-order chi connectivity index (χ1) is 12.7. The monoisotopic (exact) mass is 368 g/mol. The molecule has 3 heteroatoms. The van der Waals surface area contributed by atoms with E-state index >= 15 is 0 Å². The van der Waals surface area contributed by atoms with Crippen LogP contribution in [0.25, 0.3) is 0 Å². The van der Waals surface area contributed by atoms with E-state index in [1.807, 2.05) is 0 Å². The fourth-order valence-electron chi connectivity index (χ4n) is 3.44. The van der Waals surface area contributed by atoms with Gasteiger partial charge in [0.15, 0.2) is 12.4 Å². The molecule has 0 aliphatic rings. The number of unbranched alkanes of at least 4 members (excludes halogenated alkanes) is 16. The van der Waals surface area contributed by atoms with E-state index in [1.165, 1.54) is 103 Å². The van der Waals surface area contributed by atoms with Crippen LogP contribution in [-0.4, -0.2) is 18.4 Å². The van der Waals surface area contributed by atoms with E-state index in [0.29, 0.717) is 6.42 Å². The minimum atomic E-state index is -0.538. The van der Waals surface area contributed by atoms with Crippen molar-refractivity contribution in [2.24, 2.45) is 0 Å². The second-order valence-corrected chi connectivity index (χ2v) is 7.73. The van der Waals surface area contributed by atoms with Gasteiger partial charge in [0.1, 0.15) is 0 Å². The smallest absolute Gasteiger partial charge is 0.303 e. The largest absolute Gasteiger partial charge is 0.455 e. The molecule has 0 N–H and O–H groups in total. The minimum absolute atomic E-state index is 0.367. The third kappa shape index (κ3) is 19.5. The lowest BCUT2D eigenvalue weighted by molar-refractivity contribution is -0.149. The van der Waals surface area contributed by atoms with Crippen LogP contribution in [-0.2, 0) is 14.3 Å². The molecule has 0 bridgehead atoms. The van der Waals surface area contributed by atoms with Crippen LogP contribution >= 0.6 is 0 Å². The van der Waals surface area contributed by atoms with Gasteiger partial charge < -0.3 is 4.74 Å². The molecule has 26 heavy (non-hydrogen) atoms. The predicted octanol–water partition coefficient (Wildman–Crippen LogP) is 7.16. The van der Waals surface area contributed by atoms with Crippen molar-refractivity contribution in [2.45, 2.75) is 136 Å². The third-order valence-corrected chi connectivity index (χ3v) is 5.06. The maximum Gasteiger partial charge on any atom is 0.303 e. The Morgan fingerprint density at radius 1 is 0.692 bits per heavy atom. The van der Waals surface area contributed by atoms with Crippen molar-refractivity contribution in [2.75, 3.05) is 0 Å². The van der Waals surface area contributed by atoms with Crippen molar-refractivity contribution < 1.29 is 14.3 Å². The Balaban J connectivity index is 3.15. The van der Waals surface area contributed by atoms with Crippen LogP contribution < -0.4 is 0 Å². The molecule has 1 unspecified atom stereocenters. The van der Waals surface area contributed by atoms with Crippen LogP contribution in [0.15, 0.2) is 0 Å². The number of hydrogen-bond donors (Lipinski definition) is 0.